The van der Waals surface area contributed by atoms with Gasteiger partial charge in [0.1, 0.15) is 0 Å². The molecule has 0 unspecified atom stereocenters. The van der Waals surface area contributed by atoms with E-state index in [2.05, 4.69) is 4.74 Å². The number of ether oxygens (including phenoxy) is 1. The Morgan fingerprint density at radius 3 is 2.67 bits per heavy atom. The molecule has 15 heavy (non-hydrogen) atoms. The number of carbonyl (C=O) groups excluding carboxylic acids is 2. The van der Waals surface area contributed by atoms with Crippen LogP contribution in [-0.4, -0.2) is 49.0 Å². The van der Waals surface area contributed by atoms with Gasteiger partial charge in [-0.15, -0.1) is 11.8 Å². The molecule has 0 saturated heterocycles. The largest absolute Gasteiger partial charge is 0.468 e. The van der Waals surface area contributed by atoms with Crippen molar-refractivity contribution in [3.63, 3.8) is 0 Å². The Morgan fingerprint density at radius 2 is 2.13 bits per heavy atom. The van der Waals surface area contributed by atoms with Gasteiger partial charge in [-0.2, -0.15) is 5.26 Å². The maximum absolute atomic E-state index is 11.4. The number of thioether (sulfide) groups is 1. The van der Waals surface area contributed by atoms with Crippen LogP contribution in [0.4, 0.5) is 0 Å². The summed E-state index contributed by atoms with van der Waals surface area (Å²) >= 11 is 1.21. The monoisotopic (exact) mass is 230 g/mol. The highest BCUT2D eigenvalue weighted by Crippen LogP contribution is 2.02. The van der Waals surface area contributed by atoms with Gasteiger partial charge in [0.2, 0.25) is 5.91 Å². The van der Waals surface area contributed by atoms with Gasteiger partial charge >= 0.3 is 5.97 Å². The van der Waals surface area contributed by atoms with Crippen LogP contribution in [0.3, 0.4) is 0 Å². The minimum absolute atomic E-state index is 0.0841. The van der Waals surface area contributed by atoms with Crippen LogP contribution in [0.25, 0.3) is 0 Å². The molecule has 0 bridgehead atoms. The normalized spacial score (nSPS) is 9.13. The molecule has 1 amide bonds. The van der Waals surface area contributed by atoms with E-state index in [1.165, 1.54) is 23.8 Å². The molecule has 0 fully saturated rings. The van der Waals surface area contributed by atoms with E-state index in [4.69, 9.17) is 5.26 Å². The summed E-state index contributed by atoms with van der Waals surface area (Å²) in [6, 6.07) is 1.96. The summed E-state index contributed by atoms with van der Waals surface area (Å²) in [6.45, 7) is 0.425. The van der Waals surface area contributed by atoms with E-state index in [0.29, 0.717) is 13.0 Å². The topological polar surface area (TPSA) is 70.4 Å². The standard InChI is InChI=1S/C9H14N2O3S/c1-11(5-3-4-10)8(12)6-15-7-9(13)14-2/h3,5-7H2,1-2H3. The Morgan fingerprint density at radius 1 is 1.47 bits per heavy atom. The maximum Gasteiger partial charge on any atom is 0.315 e. The van der Waals surface area contributed by atoms with Gasteiger partial charge in [0, 0.05) is 13.6 Å². The molecule has 0 aliphatic carbocycles. The molecular weight excluding hydrogens is 216 g/mol. The second kappa shape index (κ2) is 8.12. The minimum atomic E-state index is -0.340. The molecule has 0 aliphatic rings. The number of hydrogen-bond acceptors (Lipinski definition) is 5. The average Bonchev–Trinajstić information content (AvgIpc) is 2.25. The number of methoxy groups -OCH3 is 1. The van der Waals surface area contributed by atoms with Crippen LogP contribution in [0.2, 0.25) is 0 Å². The van der Waals surface area contributed by atoms with Crippen molar-refractivity contribution in [3.05, 3.63) is 0 Å². The van der Waals surface area contributed by atoms with Crippen LogP contribution < -0.4 is 0 Å². The lowest BCUT2D eigenvalue weighted by molar-refractivity contribution is -0.137. The van der Waals surface area contributed by atoms with Crippen molar-refractivity contribution >= 4 is 23.6 Å². The maximum atomic E-state index is 11.4. The summed E-state index contributed by atoms with van der Waals surface area (Å²) < 4.78 is 4.43. The van der Waals surface area contributed by atoms with Gasteiger partial charge in [0.05, 0.1) is 31.1 Å². The van der Waals surface area contributed by atoms with Crippen molar-refractivity contribution in [2.24, 2.45) is 0 Å². The third-order valence-corrected chi connectivity index (χ3v) is 2.55. The van der Waals surface area contributed by atoms with Crippen LogP contribution in [0.5, 0.6) is 0 Å². The Kier molecular flexibility index (Phi) is 7.46. The fraction of sp³-hybridized carbons (Fsp3) is 0.667. The molecule has 84 valence electrons. The van der Waals surface area contributed by atoms with Gasteiger partial charge in [0.25, 0.3) is 0 Å². The van der Waals surface area contributed by atoms with Crippen LogP contribution in [0.15, 0.2) is 0 Å². The molecule has 6 heteroatoms. The minimum Gasteiger partial charge on any atom is -0.468 e. The number of rotatable bonds is 6. The highest BCUT2D eigenvalue weighted by atomic mass is 32.2. The lowest BCUT2D eigenvalue weighted by atomic mass is 10.4. The second-order valence-corrected chi connectivity index (χ2v) is 3.78. The molecule has 0 rings (SSSR count). The van der Waals surface area contributed by atoms with Gasteiger partial charge in [-0.3, -0.25) is 9.59 Å². The number of hydrogen-bond donors (Lipinski definition) is 0. The van der Waals surface area contributed by atoms with E-state index in [0.717, 1.165) is 0 Å². The lowest BCUT2D eigenvalue weighted by Crippen LogP contribution is -2.29. The first-order chi connectivity index (χ1) is 7.11. The zero-order valence-corrected chi connectivity index (χ0v) is 9.67. The molecule has 5 nitrogen and oxygen atoms in total. The fourth-order valence-electron chi connectivity index (χ4n) is 0.733. The quantitative estimate of drug-likeness (QED) is 0.612. The van der Waals surface area contributed by atoms with Gasteiger partial charge in [0.15, 0.2) is 0 Å². The fourth-order valence-corrected chi connectivity index (χ4v) is 1.51. The van der Waals surface area contributed by atoms with E-state index >= 15 is 0 Å². The van der Waals surface area contributed by atoms with E-state index in [9.17, 15) is 9.59 Å². The summed E-state index contributed by atoms with van der Waals surface area (Å²) in [7, 11) is 2.95. The van der Waals surface area contributed by atoms with Crippen LogP contribution in [0.1, 0.15) is 6.42 Å². The summed E-state index contributed by atoms with van der Waals surface area (Å²) in [5.74, 6) is -0.0163. The SMILES string of the molecule is COC(=O)CSCC(=O)N(C)CCC#N. The number of amides is 1. The van der Waals surface area contributed by atoms with Crippen LogP contribution >= 0.6 is 11.8 Å². The van der Waals surface area contributed by atoms with Gasteiger partial charge < -0.3 is 9.64 Å². The third kappa shape index (κ3) is 6.80. The van der Waals surface area contributed by atoms with Crippen molar-refractivity contribution in [2.75, 3.05) is 32.2 Å². The summed E-state index contributed by atoms with van der Waals surface area (Å²) in [4.78, 5) is 23.6. The summed E-state index contributed by atoms with van der Waals surface area (Å²) in [5, 5.41) is 8.32. The molecule has 0 aromatic carbocycles. The molecule has 0 N–H and O–H groups in total. The van der Waals surface area contributed by atoms with E-state index < -0.39 is 0 Å². The van der Waals surface area contributed by atoms with Crippen molar-refractivity contribution in [1.29, 1.82) is 5.26 Å². The first-order valence-electron chi connectivity index (χ1n) is 4.37. The summed E-state index contributed by atoms with van der Waals surface area (Å²) in [5.41, 5.74) is 0. The Labute approximate surface area is 93.4 Å². The first-order valence-corrected chi connectivity index (χ1v) is 5.52. The third-order valence-electron chi connectivity index (χ3n) is 1.66. The highest BCUT2D eigenvalue weighted by molar-refractivity contribution is 8.00. The molecule has 0 saturated carbocycles. The zero-order chi connectivity index (χ0) is 11.7. The molecule has 0 radical (unpaired) electrons. The number of esters is 1. The van der Waals surface area contributed by atoms with Crippen molar-refractivity contribution < 1.29 is 14.3 Å². The van der Waals surface area contributed by atoms with Crippen LogP contribution in [0, 0.1) is 11.3 Å². The van der Waals surface area contributed by atoms with E-state index in [-0.39, 0.29) is 23.4 Å². The van der Waals surface area contributed by atoms with Gasteiger partial charge in [-0.25, -0.2) is 0 Å². The predicted octanol–water partition coefficient (Wildman–Crippen LogP) is 0.265. The van der Waals surface area contributed by atoms with Crippen molar-refractivity contribution in [1.82, 2.24) is 4.90 Å². The predicted molar refractivity (Wildman–Crippen MR) is 57.2 cm³/mol. The number of carbonyl (C=O) groups is 2. The molecule has 0 aromatic heterocycles. The number of nitriles is 1. The van der Waals surface area contributed by atoms with Crippen LogP contribution in [-0.2, 0) is 14.3 Å². The Hall–Kier alpha value is -1.22. The van der Waals surface area contributed by atoms with Gasteiger partial charge in [-0.05, 0) is 0 Å². The molecule has 0 spiro atoms. The molecule has 0 aliphatic heterocycles. The first kappa shape index (κ1) is 13.8. The Bertz CT molecular complexity index is 263. The molecule has 0 aromatic rings. The van der Waals surface area contributed by atoms with Gasteiger partial charge in [-0.1, -0.05) is 0 Å². The second-order valence-electron chi connectivity index (χ2n) is 2.79. The van der Waals surface area contributed by atoms with Crippen molar-refractivity contribution in [2.45, 2.75) is 6.42 Å². The summed E-state index contributed by atoms with van der Waals surface area (Å²) in [6.07, 6.45) is 0.323. The van der Waals surface area contributed by atoms with E-state index in [1.807, 2.05) is 6.07 Å². The molecule has 0 atom stereocenters. The lowest BCUT2D eigenvalue weighted by Gasteiger charge is -2.14. The van der Waals surface area contributed by atoms with Crippen molar-refractivity contribution in [3.8, 4) is 6.07 Å². The average molecular weight is 230 g/mol. The smallest absolute Gasteiger partial charge is 0.315 e. The van der Waals surface area contributed by atoms with E-state index in [1.54, 1.807) is 7.05 Å². The Balaban J connectivity index is 3.65. The molecular formula is C9H14N2O3S. The number of nitrogens with zero attached hydrogens (tertiary/aromatic N) is 2. The highest BCUT2D eigenvalue weighted by Gasteiger charge is 2.09. The zero-order valence-electron chi connectivity index (χ0n) is 8.86. The molecule has 0 heterocycles.